The van der Waals surface area contributed by atoms with Crippen LogP contribution in [0.5, 0.6) is 0 Å². The van der Waals surface area contributed by atoms with Gasteiger partial charge in [-0.2, -0.15) is 5.10 Å². The fraction of sp³-hybridized carbons (Fsp3) is 0.333. The summed E-state index contributed by atoms with van der Waals surface area (Å²) in [6, 6.07) is 5.27. The standard InChI is InChI=1S/C15H16Cl2N4OS/c1-15(2,3)20-13(23-4)12-19(14(20)22)8-18-21(12)11-9(16)6-5-7-10(11)17/h5-8H,1-4H3. The Morgan fingerprint density at radius 2 is 1.78 bits per heavy atom. The lowest BCUT2D eigenvalue weighted by Crippen LogP contribution is -2.33. The van der Waals surface area contributed by atoms with Crippen LogP contribution in [-0.4, -0.2) is 25.0 Å². The molecule has 0 amide bonds. The van der Waals surface area contributed by atoms with Crippen molar-refractivity contribution in [2.45, 2.75) is 31.3 Å². The predicted octanol–water partition coefficient (Wildman–Crippen LogP) is 4.07. The van der Waals surface area contributed by atoms with Crippen molar-refractivity contribution in [3.63, 3.8) is 0 Å². The van der Waals surface area contributed by atoms with Crippen molar-refractivity contribution < 1.29 is 0 Å². The molecule has 0 aliphatic heterocycles. The van der Waals surface area contributed by atoms with E-state index in [4.69, 9.17) is 23.2 Å². The molecule has 0 N–H and O–H groups in total. The van der Waals surface area contributed by atoms with Gasteiger partial charge < -0.3 is 0 Å². The Labute approximate surface area is 147 Å². The van der Waals surface area contributed by atoms with Crippen LogP contribution in [0.1, 0.15) is 20.8 Å². The minimum atomic E-state index is -0.351. The lowest BCUT2D eigenvalue weighted by atomic mass is 10.1. The molecule has 0 fully saturated rings. The number of fused-ring (bicyclic) bond motifs is 1. The van der Waals surface area contributed by atoms with Gasteiger partial charge in [0.2, 0.25) is 0 Å². The molecule has 122 valence electrons. The highest BCUT2D eigenvalue weighted by Crippen LogP contribution is 2.32. The summed E-state index contributed by atoms with van der Waals surface area (Å²) in [5.41, 5.74) is 0.745. The Morgan fingerprint density at radius 3 is 2.30 bits per heavy atom. The van der Waals surface area contributed by atoms with Crippen molar-refractivity contribution in [2.24, 2.45) is 0 Å². The molecule has 0 spiro atoms. The van der Waals surface area contributed by atoms with Crippen LogP contribution < -0.4 is 5.69 Å². The number of imidazole rings is 1. The van der Waals surface area contributed by atoms with E-state index in [2.05, 4.69) is 5.10 Å². The van der Waals surface area contributed by atoms with Gasteiger partial charge in [-0.05, 0) is 39.2 Å². The van der Waals surface area contributed by atoms with E-state index in [0.29, 0.717) is 21.4 Å². The fourth-order valence-corrected chi connectivity index (χ4v) is 4.03. The van der Waals surface area contributed by atoms with Crippen molar-refractivity contribution in [1.29, 1.82) is 0 Å². The summed E-state index contributed by atoms with van der Waals surface area (Å²) in [5, 5.41) is 6.10. The zero-order valence-corrected chi connectivity index (χ0v) is 15.5. The molecule has 0 saturated carbocycles. The molecule has 2 aromatic heterocycles. The molecule has 0 radical (unpaired) electrons. The van der Waals surface area contributed by atoms with Crippen LogP contribution in [0.15, 0.2) is 34.3 Å². The molecule has 0 unspecified atom stereocenters. The van der Waals surface area contributed by atoms with Gasteiger partial charge in [0.05, 0.1) is 10.0 Å². The highest BCUT2D eigenvalue weighted by molar-refractivity contribution is 7.98. The average molecular weight is 371 g/mol. The first-order valence-electron chi connectivity index (χ1n) is 6.97. The Balaban J connectivity index is 2.45. The molecule has 8 heteroatoms. The number of hydrogen-bond donors (Lipinski definition) is 0. The van der Waals surface area contributed by atoms with Crippen molar-refractivity contribution in [1.82, 2.24) is 18.7 Å². The Kier molecular flexibility index (Phi) is 4.02. The van der Waals surface area contributed by atoms with Gasteiger partial charge >= 0.3 is 5.69 Å². The van der Waals surface area contributed by atoms with Crippen molar-refractivity contribution in [3.8, 4) is 5.69 Å². The number of hydrogen-bond acceptors (Lipinski definition) is 3. The van der Waals surface area contributed by atoms with E-state index in [1.165, 1.54) is 22.5 Å². The molecule has 0 aliphatic rings. The monoisotopic (exact) mass is 370 g/mol. The number of thioether (sulfide) groups is 1. The second-order valence-corrected chi connectivity index (χ2v) is 7.71. The number of aromatic nitrogens is 4. The quantitative estimate of drug-likeness (QED) is 0.638. The third-order valence-electron chi connectivity index (χ3n) is 3.52. The van der Waals surface area contributed by atoms with Gasteiger partial charge in [-0.25, -0.2) is 13.9 Å². The molecule has 2 heterocycles. The van der Waals surface area contributed by atoms with E-state index in [9.17, 15) is 4.79 Å². The summed E-state index contributed by atoms with van der Waals surface area (Å²) >= 11 is 14.1. The van der Waals surface area contributed by atoms with E-state index >= 15 is 0 Å². The first-order chi connectivity index (χ1) is 10.8. The summed E-state index contributed by atoms with van der Waals surface area (Å²) < 4.78 is 4.91. The number of nitrogens with zero attached hydrogens (tertiary/aromatic N) is 4. The minimum absolute atomic E-state index is 0.133. The predicted molar refractivity (Wildman–Crippen MR) is 95.6 cm³/mol. The number of rotatable bonds is 2. The maximum Gasteiger partial charge on any atom is 0.336 e. The largest absolute Gasteiger partial charge is 0.336 e. The molecular weight excluding hydrogens is 355 g/mol. The Bertz CT molecular complexity index is 929. The van der Waals surface area contributed by atoms with E-state index in [1.54, 1.807) is 27.4 Å². The van der Waals surface area contributed by atoms with Crippen LogP contribution in [0.25, 0.3) is 11.3 Å². The van der Waals surface area contributed by atoms with Crippen molar-refractivity contribution in [3.05, 3.63) is 45.1 Å². The van der Waals surface area contributed by atoms with Gasteiger partial charge in [-0.1, -0.05) is 29.3 Å². The normalized spacial score (nSPS) is 12.3. The summed E-state index contributed by atoms with van der Waals surface area (Å²) in [4.78, 5) is 12.8. The third-order valence-corrected chi connectivity index (χ3v) is 4.88. The number of para-hydroxylation sites is 1. The third kappa shape index (κ3) is 2.49. The summed E-state index contributed by atoms with van der Waals surface area (Å²) in [6.45, 7) is 5.98. The smallest absolute Gasteiger partial charge is 0.279 e. The lowest BCUT2D eigenvalue weighted by Gasteiger charge is -2.21. The van der Waals surface area contributed by atoms with Crippen LogP contribution in [0.4, 0.5) is 0 Å². The van der Waals surface area contributed by atoms with Crippen LogP contribution in [0.3, 0.4) is 0 Å². The van der Waals surface area contributed by atoms with Crippen LogP contribution in [0.2, 0.25) is 10.0 Å². The molecule has 3 aromatic rings. The molecular formula is C15H16Cl2N4OS. The highest BCUT2D eigenvalue weighted by atomic mass is 35.5. The maximum atomic E-state index is 12.8. The van der Waals surface area contributed by atoms with Crippen LogP contribution in [0, 0.1) is 0 Å². The second kappa shape index (κ2) is 5.61. The summed E-state index contributed by atoms with van der Waals surface area (Å²) in [6.07, 6.45) is 3.43. The first-order valence-corrected chi connectivity index (χ1v) is 8.95. The average Bonchev–Trinajstić information content (AvgIpc) is 2.98. The van der Waals surface area contributed by atoms with Gasteiger partial charge in [0.1, 0.15) is 17.0 Å². The number of benzene rings is 1. The molecule has 0 bridgehead atoms. The zero-order valence-electron chi connectivity index (χ0n) is 13.2. The van der Waals surface area contributed by atoms with E-state index in [0.717, 1.165) is 5.03 Å². The van der Waals surface area contributed by atoms with E-state index < -0.39 is 0 Å². The SMILES string of the molecule is CSc1c2n(-c3c(Cl)cccc3Cl)ncn2c(=O)n1C(C)(C)C. The van der Waals surface area contributed by atoms with Gasteiger partial charge in [0.25, 0.3) is 0 Å². The molecule has 0 aliphatic carbocycles. The molecule has 23 heavy (non-hydrogen) atoms. The van der Waals surface area contributed by atoms with Gasteiger partial charge in [-0.3, -0.25) is 4.57 Å². The highest BCUT2D eigenvalue weighted by Gasteiger charge is 2.27. The van der Waals surface area contributed by atoms with E-state index in [1.807, 2.05) is 27.0 Å². The van der Waals surface area contributed by atoms with Gasteiger partial charge in [0, 0.05) is 5.54 Å². The molecule has 1 aromatic carbocycles. The summed E-state index contributed by atoms with van der Waals surface area (Å²) in [5.74, 6) is 0. The maximum absolute atomic E-state index is 12.8. The summed E-state index contributed by atoms with van der Waals surface area (Å²) in [7, 11) is 0. The number of halogens is 2. The Morgan fingerprint density at radius 1 is 1.17 bits per heavy atom. The minimum Gasteiger partial charge on any atom is -0.279 e. The fourth-order valence-electron chi connectivity index (χ4n) is 2.57. The van der Waals surface area contributed by atoms with Crippen LogP contribution in [-0.2, 0) is 5.54 Å². The van der Waals surface area contributed by atoms with Gasteiger partial charge in [-0.15, -0.1) is 11.8 Å². The van der Waals surface area contributed by atoms with Crippen molar-refractivity contribution >= 4 is 40.6 Å². The molecule has 0 saturated heterocycles. The molecule has 0 atom stereocenters. The van der Waals surface area contributed by atoms with Crippen LogP contribution >= 0.6 is 35.0 Å². The topological polar surface area (TPSA) is 44.2 Å². The van der Waals surface area contributed by atoms with Crippen molar-refractivity contribution in [2.75, 3.05) is 6.26 Å². The lowest BCUT2D eigenvalue weighted by molar-refractivity contribution is 0.359. The van der Waals surface area contributed by atoms with Gasteiger partial charge in [0.15, 0.2) is 5.65 Å². The molecule has 3 rings (SSSR count). The zero-order chi connectivity index (χ0) is 16.9. The van der Waals surface area contributed by atoms with E-state index in [-0.39, 0.29) is 11.2 Å². The first kappa shape index (κ1) is 16.5. The Hall–Kier alpha value is -1.37. The second-order valence-electron chi connectivity index (χ2n) is 6.10. The molecule has 5 nitrogen and oxygen atoms in total.